The van der Waals surface area contributed by atoms with Crippen LogP contribution in [0.15, 0.2) is 59.1 Å². The van der Waals surface area contributed by atoms with Crippen LogP contribution in [0.2, 0.25) is 0 Å². The van der Waals surface area contributed by atoms with Gasteiger partial charge in [-0.05, 0) is 35.6 Å². The number of methoxy groups -OCH3 is 1. The molecule has 146 valence electrons. The Morgan fingerprint density at radius 3 is 2.29 bits per heavy atom. The molecule has 0 aliphatic carbocycles. The molecule has 0 fully saturated rings. The fourth-order valence-electron chi connectivity index (χ4n) is 2.90. The van der Waals surface area contributed by atoms with Gasteiger partial charge in [0.2, 0.25) is 0 Å². The molecule has 1 aromatic heterocycles. The maximum atomic E-state index is 12.5. The zero-order valence-electron chi connectivity index (χ0n) is 16.9. The van der Waals surface area contributed by atoms with E-state index in [9.17, 15) is 4.79 Å². The number of aromatic nitrogens is 1. The van der Waals surface area contributed by atoms with Gasteiger partial charge in [0.05, 0.1) is 13.2 Å². The van der Waals surface area contributed by atoms with Crippen LogP contribution in [0.1, 0.15) is 55.4 Å². The Bertz CT molecular complexity index is 935. The van der Waals surface area contributed by atoms with E-state index in [0.29, 0.717) is 5.76 Å². The first kappa shape index (κ1) is 19.7. The number of rotatable bonds is 5. The molecule has 1 amide bonds. The second-order valence-electron chi connectivity index (χ2n) is 7.87. The van der Waals surface area contributed by atoms with E-state index >= 15 is 0 Å². The van der Waals surface area contributed by atoms with Crippen molar-refractivity contribution in [2.24, 2.45) is 0 Å². The van der Waals surface area contributed by atoms with Crippen LogP contribution in [0.4, 0.5) is 0 Å². The number of amides is 1. The molecule has 0 unspecified atom stereocenters. The lowest BCUT2D eigenvalue weighted by Gasteiger charge is -2.18. The topological polar surface area (TPSA) is 64.4 Å². The third-order valence-electron chi connectivity index (χ3n) is 4.74. The van der Waals surface area contributed by atoms with Gasteiger partial charge in [0, 0.05) is 11.6 Å². The number of nitrogens with one attached hydrogen (secondary N) is 1. The average molecular weight is 378 g/mol. The molecule has 1 atom stereocenters. The first-order chi connectivity index (χ1) is 13.3. The summed E-state index contributed by atoms with van der Waals surface area (Å²) in [5.74, 6) is 1.08. The molecule has 5 heteroatoms. The number of nitrogens with zero attached hydrogens (tertiary/aromatic N) is 1. The smallest absolute Gasteiger partial charge is 0.273 e. The van der Waals surface area contributed by atoms with E-state index in [1.54, 1.807) is 13.2 Å². The minimum Gasteiger partial charge on any atom is -0.497 e. The highest BCUT2D eigenvalue weighted by atomic mass is 16.5. The summed E-state index contributed by atoms with van der Waals surface area (Å²) in [5, 5.41) is 6.87. The Labute approximate surface area is 165 Å². The summed E-state index contributed by atoms with van der Waals surface area (Å²) >= 11 is 0. The molecular weight excluding hydrogens is 352 g/mol. The average Bonchev–Trinajstić information content (AvgIpc) is 3.18. The Hall–Kier alpha value is -3.08. The first-order valence-electron chi connectivity index (χ1n) is 9.30. The van der Waals surface area contributed by atoms with Crippen LogP contribution >= 0.6 is 0 Å². The number of carbonyl (C=O) groups excluding carboxylic acids is 1. The maximum Gasteiger partial charge on any atom is 0.273 e. The highest BCUT2D eigenvalue weighted by Crippen LogP contribution is 2.26. The monoisotopic (exact) mass is 378 g/mol. The van der Waals surface area contributed by atoms with E-state index in [1.807, 2.05) is 43.3 Å². The number of benzene rings is 2. The molecule has 0 saturated heterocycles. The van der Waals surface area contributed by atoms with Crippen molar-refractivity contribution in [3.8, 4) is 17.1 Å². The van der Waals surface area contributed by atoms with Gasteiger partial charge in [-0.2, -0.15) is 0 Å². The Kier molecular flexibility index (Phi) is 5.54. The maximum absolute atomic E-state index is 12.5. The second-order valence-corrected chi connectivity index (χ2v) is 7.87. The number of carbonyl (C=O) groups is 1. The molecule has 0 bridgehead atoms. The van der Waals surface area contributed by atoms with Crippen molar-refractivity contribution in [2.75, 3.05) is 7.11 Å². The van der Waals surface area contributed by atoms with Gasteiger partial charge in [0.25, 0.3) is 5.91 Å². The Morgan fingerprint density at radius 2 is 1.71 bits per heavy atom. The molecule has 0 saturated carbocycles. The van der Waals surface area contributed by atoms with Crippen molar-refractivity contribution in [1.29, 1.82) is 0 Å². The number of hydrogen-bond acceptors (Lipinski definition) is 4. The van der Waals surface area contributed by atoms with Crippen molar-refractivity contribution >= 4 is 5.91 Å². The van der Waals surface area contributed by atoms with Crippen molar-refractivity contribution in [1.82, 2.24) is 10.5 Å². The van der Waals surface area contributed by atoms with Crippen molar-refractivity contribution in [2.45, 2.75) is 39.2 Å². The van der Waals surface area contributed by atoms with Crippen molar-refractivity contribution < 1.29 is 14.1 Å². The third kappa shape index (κ3) is 4.42. The van der Waals surface area contributed by atoms with E-state index in [4.69, 9.17) is 9.26 Å². The summed E-state index contributed by atoms with van der Waals surface area (Å²) in [4.78, 5) is 12.5. The summed E-state index contributed by atoms with van der Waals surface area (Å²) in [7, 11) is 1.62. The van der Waals surface area contributed by atoms with Crippen LogP contribution in [0.3, 0.4) is 0 Å². The molecule has 1 N–H and O–H groups in total. The fourth-order valence-corrected chi connectivity index (χ4v) is 2.90. The van der Waals surface area contributed by atoms with Crippen molar-refractivity contribution in [3.05, 3.63) is 71.4 Å². The molecule has 5 nitrogen and oxygen atoms in total. The predicted molar refractivity (Wildman–Crippen MR) is 110 cm³/mol. The molecule has 0 aliphatic heterocycles. The highest BCUT2D eigenvalue weighted by Gasteiger charge is 2.18. The van der Waals surface area contributed by atoms with Gasteiger partial charge in [-0.25, -0.2) is 0 Å². The fraction of sp³-hybridized carbons (Fsp3) is 0.304. The molecule has 0 radical (unpaired) electrons. The van der Waals surface area contributed by atoms with Crippen LogP contribution in [0.5, 0.6) is 5.75 Å². The molecule has 0 aliphatic rings. The molecule has 3 rings (SSSR count). The molecule has 28 heavy (non-hydrogen) atoms. The minimum absolute atomic E-state index is 0.0859. The minimum atomic E-state index is -0.273. The van der Waals surface area contributed by atoms with Crippen molar-refractivity contribution in [3.63, 3.8) is 0 Å². The van der Waals surface area contributed by atoms with Crippen LogP contribution in [0, 0.1) is 0 Å². The van der Waals surface area contributed by atoms with Gasteiger partial charge in [-0.1, -0.05) is 62.3 Å². The predicted octanol–water partition coefficient (Wildman–Crippen LogP) is 5.14. The van der Waals surface area contributed by atoms with Crippen LogP contribution in [0.25, 0.3) is 11.3 Å². The van der Waals surface area contributed by atoms with Gasteiger partial charge >= 0.3 is 0 Å². The van der Waals surface area contributed by atoms with E-state index in [-0.39, 0.29) is 23.1 Å². The lowest BCUT2D eigenvalue weighted by atomic mass is 9.86. The zero-order valence-corrected chi connectivity index (χ0v) is 16.9. The van der Waals surface area contributed by atoms with Gasteiger partial charge in [0.1, 0.15) is 5.75 Å². The number of hydrogen-bond donors (Lipinski definition) is 1. The molecule has 0 spiro atoms. The zero-order chi connectivity index (χ0) is 20.3. The summed E-state index contributed by atoms with van der Waals surface area (Å²) in [5.41, 5.74) is 3.46. The second kappa shape index (κ2) is 7.89. The highest BCUT2D eigenvalue weighted by molar-refractivity contribution is 5.93. The van der Waals surface area contributed by atoms with E-state index in [2.05, 4.69) is 43.4 Å². The lowest BCUT2D eigenvalue weighted by Crippen LogP contribution is -2.26. The Balaban J connectivity index is 1.69. The summed E-state index contributed by atoms with van der Waals surface area (Å²) in [6.45, 7) is 8.43. The summed E-state index contributed by atoms with van der Waals surface area (Å²) in [6.07, 6.45) is 0. The van der Waals surface area contributed by atoms with Crippen LogP contribution in [-0.4, -0.2) is 18.2 Å². The largest absolute Gasteiger partial charge is 0.497 e. The van der Waals surface area contributed by atoms with Gasteiger partial charge in [0.15, 0.2) is 11.5 Å². The molecular formula is C23H26N2O3. The first-order valence-corrected chi connectivity index (χ1v) is 9.30. The number of ether oxygens (including phenoxy) is 1. The molecule has 2 aromatic carbocycles. The summed E-state index contributed by atoms with van der Waals surface area (Å²) < 4.78 is 10.5. The summed E-state index contributed by atoms with van der Waals surface area (Å²) in [6, 6.07) is 17.2. The van der Waals surface area contributed by atoms with Crippen LogP contribution in [-0.2, 0) is 5.41 Å². The Morgan fingerprint density at radius 1 is 1.07 bits per heavy atom. The van der Waals surface area contributed by atoms with Gasteiger partial charge < -0.3 is 14.6 Å². The molecule has 1 heterocycles. The standard InChI is InChI=1S/C23H26N2O3/c1-15(16-8-12-19(27-5)13-9-16)24-22(26)20-14-21(28-25-20)17-6-10-18(11-7-17)23(2,3)4/h6-15H,1-5H3,(H,24,26)/t15-/m0/s1. The van der Waals surface area contributed by atoms with Gasteiger partial charge in [-0.3, -0.25) is 4.79 Å². The SMILES string of the molecule is COc1ccc([C@H](C)NC(=O)c2cc(-c3ccc(C(C)(C)C)cc3)on2)cc1. The third-order valence-corrected chi connectivity index (χ3v) is 4.74. The van der Waals surface area contributed by atoms with Crippen LogP contribution < -0.4 is 10.1 Å². The quantitative estimate of drug-likeness (QED) is 0.668. The van der Waals surface area contributed by atoms with Gasteiger partial charge in [-0.15, -0.1) is 0 Å². The van der Waals surface area contributed by atoms with E-state index in [1.165, 1.54) is 5.56 Å². The lowest BCUT2D eigenvalue weighted by molar-refractivity contribution is 0.0931. The van der Waals surface area contributed by atoms with E-state index in [0.717, 1.165) is 16.9 Å². The normalized spacial score (nSPS) is 12.5. The molecule has 3 aromatic rings. The van der Waals surface area contributed by atoms with E-state index < -0.39 is 0 Å².